The van der Waals surface area contributed by atoms with Gasteiger partial charge >= 0.3 is 0 Å². The summed E-state index contributed by atoms with van der Waals surface area (Å²) < 4.78 is 0. The van der Waals surface area contributed by atoms with Gasteiger partial charge in [-0.25, -0.2) is 0 Å². The fourth-order valence-electron chi connectivity index (χ4n) is 3.16. The summed E-state index contributed by atoms with van der Waals surface area (Å²) in [6, 6.07) is 10.9. The Bertz CT molecular complexity index is 453. The van der Waals surface area contributed by atoms with Crippen LogP contribution in [-0.2, 0) is 11.3 Å². The van der Waals surface area contributed by atoms with Crippen LogP contribution in [0.2, 0.25) is 0 Å². The number of benzene rings is 1. The molecule has 1 aromatic rings. The Labute approximate surface area is 134 Å². The number of rotatable bonds is 6. The summed E-state index contributed by atoms with van der Waals surface area (Å²) in [5.74, 6) is 0.673. The molecule has 1 aliphatic heterocycles. The Kier molecular flexibility index (Phi) is 6.40. The molecule has 0 saturated carbocycles. The van der Waals surface area contributed by atoms with Gasteiger partial charge in [-0.15, -0.1) is 0 Å². The number of nitrogens with zero attached hydrogens (tertiary/aromatic N) is 2. The van der Waals surface area contributed by atoms with E-state index in [4.69, 9.17) is 5.73 Å². The first-order chi connectivity index (χ1) is 10.6. The fraction of sp³-hybridized carbons (Fsp3) is 0.611. The third-order valence-electron chi connectivity index (χ3n) is 4.53. The van der Waals surface area contributed by atoms with E-state index in [1.807, 2.05) is 4.90 Å². The van der Waals surface area contributed by atoms with E-state index < -0.39 is 0 Å². The second kappa shape index (κ2) is 8.30. The van der Waals surface area contributed by atoms with Crippen molar-refractivity contribution in [3.63, 3.8) is 0 Å². The average molecular weight is 303 g/mol. The first-order valence-electron chi connectivity index (χ1n) is 8.36. The highest BCUT2D eigenvalue weighted by Crippen LogP contribution is 2.21. The smallest absolute Gasteiger partial charge is 0.236 e. The third-order valence-corrected chi connectivity index (χ3v) is 4.53. The third kappa shape index (κ3) is 4.82. The van der Waals surface area contributed by atoms with Crippen LogP contribution in [0.3, 0.4) is 0 Å². The van der Waals surface area contributed by atoms with Gasteiger partial charge in [-0.3, -0.25) is 9.69 Å². The molecule has 1 fully saturated rings. The van der Waals surface area contributed by atoms with E-state index in [-0.39, 0.29) is 18.5 Å². The number of amides is 1. The van der Waals surface area contributed by atoms with Gasteiger partial charge in [0.15, 0.2) is 0 Å². The number of piperidine rings is 1. The van der Waals surface area contributed by atoms with E-state index in [0.29, 0.717) is 5.92 Å². The highest BCUT2D eigenvalue weighted by Gasteiger charge is 2.24. The minimum atomic E-state index is 0.0710. The maximum absolute atomic E-state index is 11.9. The van der Waals surface area contributed by atoms with Gasteiger partial charge in [0.05, 0.1) is 6.54 Å². The molecule has 1 amide bonds. The van der Waals surface area contributed by atoms with E-state index in [2.05, 4.69) is 49.1 Å². The molecule has 0 bridgehead atoms. The number of likely N-dealkylation sites (tertiary alicyclic amines) is 1. The van der Waals surface area contributed by atoms with Crippen molar-refractivity contribution < 1.29 is 4.79 Å². The molecular weight excluding hydrogens is 274 g/mol. The minimum absolute atomic E-state index is 0.0710. The van der Waals surface area contributed by atoms with Crippen LogP contribution >= 0.6 is 0 Å². The van der Waals surface area contributed by atoms with Gasteiger partial charge in [-0.1, -0.05) is 30.3 Å². The maximum atomic E-state index is 11.9. The standard InChI is InChI=1S/C18H29N3O/c1-15(2)21(18(22)12-19)14-17-8-10-20(11-9-17)13-16-6-4-3-5-7-16/h3-7,15,17H,8-14,19H2,1-2H3. The molecule has 1 aliphatic rings. The molecule has 0 atom stereocenters. The first kappa shape index (κ1) is 17.0. The zero-order valence-corrected chi connectivity index (χ0v) is 13.9. The topological polar surface area (TPSA) is 49.6 Å². The lowest BCUT2D eigenvalue weighted by molar-refractivity contribution is -0.132. The Morgan fingerprint density at radius 2 is 1.91 bits per heavy atom. The molecule has 2 N–H and O–H groups in total. The Hall–Kier alpha value is -1.39. The molecule has 4 nitrogen and oxygen atoms in total. The Morgan fingerprint density at radius 1 is 1.27 bits per heavy atom. The molecule has 2 rings (SSSR count). The van der Waals surface area contributed by atoms with Crippen LogP contribution in [0.25, 0.3) is 0 Å². The lowest BCUT2D eigenvalue weighted by Gasteiger charge is -2.36. The Balaban J connectivity index is 1.80. The van der Waals surface area contributed by atoms with E-state index >= 15 is 0 Å². The minimum Gasteiger partial charge on any atom is -0.339 e. The molecule has 0 radical (unpaired) electrons. The van der Waals surface area contributed by atoms with Crippen molar-refractivity contribution in [2.75, 3.05) is 26.2 Å². The van der Waals surface area contributed by atoms with Crippen molar-refractivity contribution in [2.24, 2.45) is 11.7 Å². The number of carbonyl (C=O) groups excluding carboxylic acids is 1. The zero-order chi connectivity index (χ0) is 15.9. The van der Waals surface area contributed by atoms with Crippen molar-refractivity contribution in [3.8, 4) is 0 Å². The predicted octanol–water partition coefficient (Wildman–Crippen LogP) is 2.09. The number of nitrogens with two attached hydrogens (primary N) is 1. The zero-order valence-electron chi connectivity index (χ0n) is 13.9. The first-order valence-corrected chi connectivity index (χ1v) is 8.36. The van der Waals surface area contributed by atoms with Gasteiger partial charge in [0.25, 0.3) is 0 Å². The molecule has 0 spiro atoms. The molecule has 122 valence electrons. The summed E-state index contributed by atoms with van der Waals surface area (Å²) in [5, 5.41) is 0. The predicted molar refractivity (Wildman–Crippen MR) is 90.3 cm³/mol. The average Bonchev–Trinajstić information content (AvgIpc) is 2.54. The summed E-state index contributed by atoms with van der Waals surface area (Å²) >= 11 is 0. The monoisotopic (exact) mass is 303 g/mol. The summed E-state index contributed by atoms with van der Waals surface area (Å²) in [6.07, 6.45) is 2.32. The van der Waals surface area contributed by atoms with Crippen LogP contribution < -0.4 is 5.73 Å². The van der Waals surface area contributed by atoms with Crippen LogP contribution in [0, 0.1) is 5.92 Å². The second-order valence-corrected chi connectivity index (χ2v) is 6.55. The van der Waals surface area contributed by atoms with Gasteiger partial charge in [0.2, 0.25) is 5.91 Å². The molecule has 0 unspecified atom stereocenters. The van der Waals surface area contributed by atoms with Crippen LogP contribution in [0.15, 0.2) is 30.3 Å². The highest BCUT2D eigenvalue weighted by molar-refractivity contribution is 5.78. The number of carbonyl (C=O) groups is 1. The van der Waals surface area contributed by atoms with Crippen LogP contribution in [0.4, 0.5) is 0 Å². The van der Waals surface area contributed by atoms with Crippen molar-refractivity contribution in [3.05, 3.63) is 35.9 Å². The normalized spacial score (nSPS) is 16.9. The summed E-state index contributed by atoms with van der Waals surface area (Å²) in [7, 11) is 0. The van der Waals surface area contributed by atoms with Gasteiger partial charge in [0.1, 0.15) is 0 Å². The molecule has 1 saturated heterocycles. The molecular formula is C18H29N3O. The second-order valence-electron chi connectivity index (χ2n) is 6.55. The summed E-state index contributed by atoms with van der Waals surface area (Å²) in [5.41, 5.74) is 6.90. The quantitative estimate of drug-likeness (QED) is 0.875. The van der Waals surface area contributed by atoms with Gasteiger partial charge in [-0.05, 0) is 51.3 Å². The van der Waals surface area contributed by atoms with E-state index in [1.54, 1.807) is 0 Å². The van der Waals surface area contributed by atoms with Gasteiger partial charge < -0.3 is 10.6 Å². The lowest BCUT2D eigenvalue weighted by atomic mass is 9.95. The van der Waals surface area contributed by atoms with Crippen molar-refractivity contribution in [1.29, 1.82) is 0 Å². The lowest BCUT2D eigenvalue weighted by Crippen LogP contribution is -2.45. The number of hydrogen-bond acceptors (Lipinski definition) is 3. The fourth-order valence-corrected chi connectivity index (χ4v) is 3.16. The summed E-state index contributed by atoms with van der Waals surface area (Å²) in [6.45, 7) is 8.36. The number of hydrogen-bond donors (Lipinski definition) is 1. The molecule has 1 heterocycles. The molecule has 0 aliphatic carbocycles. The van der Waals surface area contributed by atoms with Gasteiger partial charge in [-0.2, -0.15) is 0 Å². The van der Waals surface area contributed by atoms with E-state index in [0.717, 1.165) is 39.0 Å². The van der Waals surface area contributed by atoms with E-state index in [9.17, 15) is 4.79 Å². The molecule has 22 heavy (non-hydrogen) atoms. The maximum Gasteiger partial charge on any atom is 0.236 e. The van der Waals surface area contributed by atoms with Crippen LogP contribution in [0.1, 0.15) is 32.3 Å². The molecule has 4 heteroatoms. The largest absolute Gasteiger partial charge is 0.339 e. The van der Waals surface area contributed by atoms with Gasteiger partial charge in [0, 0.05) is 19.1 Å². The van der Waals surface area contributed by atoms with E-state index in [1.165, 1.54) is 5.56 Å². The van der Waals surface area contributed by atoms with Crippen LogP contribution in [-0.4, -0.2) is 47.9 Å². The van der Waals surface area contributed by atoms with Crippen molar-refractivity contribution >= 4 is 5.91 Å². The molecule has 1 aromatic carbocycles. The summed E-state index contributed by atoms with van der Waals surface area (Å²) in [4.78, 5) is 16.4. The van der Waals surface area contributed by atoms with Crippen molar-refractivity contribution in [2.45, 2.75) is 39.3 Å². The molecule has 0 aromatic heterocycles. The van der Waals surface area contributed by atoms with Crippen molar-refractivity contribution in [1.82, 2.24) is 9.80 Å². The van der Waals surface area contributed by atoms with Crippen LogP contribution in [0.5, 0.6) is 0 Å². The SMILES string of the molecule is CC(C)N(CC1CCN(Cc2ccccc2)CC1)C(=O)CN. The highest BCUT2D eigenvalue weighted by atomic mass is 16.2. The Morgan fingerprint density at radius 3 is 2.45 bits per heavy atom.